The molecule has 2 aromatic carbocycles. The lowest BCUT2D eigenvalue weighted by molar-refractivity contribution is -0.129. The zero-order valence-corrected chi connectivity index (χ0v) is 15.3. The molecule has 3 rings (SSSR count). The first-order valence-corrected chi connectivity index (χ1v) is 8.99. The van der Waals surface area contributed by atoms with Gasteiger partial charge in [0.15, 0.2) is 0 Å². The van der Waals surface area contributed by atoms with Crippen molar-refractivity contribution in [2.45, 2.75) is 19.8 Å². The minimum atomic E-state index is -0.402. The van der Waals surface area contributed by atoms with Gasteiger partial charge in [0.05, 0.1) is 11.8 Å². The van der Waals surface area contributed by atoms with Gasteiger partial charge >= 0.3 is 0 Å². The topological polar surface area (TPSA) is 58.2 Å². The van der Waals surface area contributed by atoms with Crippen molar-refractivity contribution in [2.75, 3.05) is 10.6 Å². The highest BCUT2D eigenvalue weighted by Crippen LogP contribution is 2.28. The van der Waals surface area contributed by atoms with E-state index in [4.69, 9.17) is 11.6 Å². The molecule has 2 atom stereocenters. The molecule has 0 radical (unpaired) electrons. The fraction of sp³-hybridized carbons (Fsp3) is 0.238. The number of hydrogen-bond donors (Lipinski definition) is 2. The number of benzene rings is 2. The van der Waals surface area contributed by atoms with E-state index in [-0.39, 0.29) is 11.8 Å². The molecule has 0 heterocycles. The van der Waals surface area contributed by atoms with E-state index in [0.29, 0.717) is 23.6 Å². The summed E-state index contributed by atoms with van der Waals surface area (Å²) in [5.41, 5.74) is 2.54. The molecule has 5 heteroatoms. The molecule has 0 saturated carbocycles. The quantitative estimate of drug-likeness (QED) is 0.761. The second-order valence-corrected chi connectivity index (χ2v) is 6.94. The number of anilines is 2. The van der Waals surface area contributed by atoms with Gasteiger partial charge in [-0.15, -0.1) is 0 Å². The Morgan fingerprint density at radius 2 is 1.23 bits per heavy atom. The summed E-state index contributed by atoms with van der Waals surface area (Å²) >= 11 is 5.87. The Morgan fingerprint density at radius 3 is 1.69 bits per heavy atom. The van der Waals surface area contributed by atoms with Gasteiger partial charge in [0.2, 0.25) is 11.8 Å². The molecule has 1 aliphatic carbocycles. The monoisotopic (exact) mass is 368 g/mol. The van der Waals surface area contributed by atoms with E-state index in [1.165, 1.54) is 0 Å². The number of carbonyl (C=O) groups excluding carboxylic acids is 2. The Kier molecular flexibility index (Phi) is 5.74. The summed E-state index contributed by atoms with van der Waals surface area (Å²) in [5.74, 6) is -1.08. The number of carbonyl (C=O) groups is 2. The zero-order chi connectivity index (χ0) is 18.5. The van der Waals surface area contributed by atoms with Crippen LogP contribution in [0.1, 0.15) is 18.4 Å². The first-order valence-electron chi connectivity index (χ1n) is 8.62. The van der Waals surface area contributed by atoms with E-state index >= 15 is 0 Å². The largest absolute Gasteiger partial charge is 0.326 e. The van der Waals surface area contributed by atoms with Crippen molar-refractivity contribution in [3.05, 3.63) is 71.3 Å². The van der Waals surface area contributed by atoms with Crippen LogP contribution in [0.3, 0.4) is 0 Å². The van der Waals surface area contributed by atoms with Crippen LogP contribution in [0.2, 0.25) is 5.02 Å². The summed E-state index contributed by atoms with van der Waals surface area (Å²) in [6, 6.07) is 14.6. The summed E-state index contributed by atoms with van der Waals surface area (Å²) in [6.07, 6.45) is 5.02. The van der Waals surface area contributed by atoms with E-state index < -0.39 is 11.8 Å². The maximum atomic E-state index is 12.7. The zero-order valence-electron chi connectivity index (χ0n) is 14.5. The second-order valence-electron chi connectivity index (χ2n) is 6.51. The van der Waals surface area contributed by atoms with Crippen molar-refractivity contribution < 1.29 is 9.59 Å². The third-order valence-electron chi connectivity index (χ3n) is 4.54. The summed E-state index contributed by atoms with van der Waals surface area (Å²) in [4.78, 5) is 25.4. The number of allylic oxidation sites excluding steroid dienone is 2. The molecule has 2 aromatic rings. The van der Waals surface area contributed by atoms with Crippen LogP contribution < -0.4 is 10.6 Å². The smallest absolute Gasteiger partial charge is 0.228 e. The van der Waals surface area contributed by atoms with Crippen molar-refractivity contribution in [1.29, 1.82) is 0 Å². The van der Waals surface area contributed by atoms with Crippen LogP contribution in [-0.2, 0) is 9.59 Å². The van der Waals surface area contributed by atoms with Crippen molar-refractivity contribution in [3.8, 4) is 0 Å². The van der Waals surface area contributed by atoms with Gasteiger partial charge in [-0.05, 0) is 56.2 Å². The lowest BCUT2D eigenvalue weighted by Crippen LogP contribution is -2.37. The Hall–Kier alpha value is -2.59. The molecule has 0 saturated heterocycles. The first-order chi connectivity index (χ1) is 12.5. The fourth-order valence-electron chi connectivity index (χ4n) is 3.03. The van der Waals surface area contributed by atoms with Gasteiger partial charge in [-0.25, -0.2) is 0 Å². The van der Waals surface area contributed by atoms with Gasteiger partial charge in [-0.1, -0.05) is 41.4 Å². The highest BCUT2D eigenvalue weighted by atomic mass is 35.5. The highest BCUT2D eigenvalue weighted by Gasteiger charge is 2.34. The maximum Gasteiger partial charge on any atom is 0.228 e. The Labute approximate surface area is 158 Å². The minimum absolute atomic E-state index is 0.130. The minimum Gasteiger partial charge on any atom is -0.326 e. The second kappa shape index (κ2) is 8.19. The average Bonchev–Trinajstić information content (AvgIpc) is 2.65. The van der Waals surface area contributed by atoms with E-state index in [9.17, 15) is 9.59 Å². The van der Waals surface area contributed by atoms with Crippen LogP contribution in [0, 0.1) is 18.8 Å². The molecule has 2 N–H and O–H groups in total. The van der Waals surface area contributed by atoms with Gasteiger partial charge in [0, 0.05) is 16.4 Å². The summed E-state index contributed by atoms with van der Waals surface area (Å²) in [7, 11) is 0. The van der Waals surface area contributed by atoms with Crippen LogP contribution in [0.25, 0.3) is 0 Å². The molecule has 0 aliphatic heterocycles. The van der Waals surface area contributed by atoms with Crippen LogP contribution in [0.5, 0.6) is 0 Å². The Bertz CT molecular complexity index is 743. The molecule has 0 spiro atoms. The van der Waals surface area contributed by atoms with E-state index in [1.807, 2.05) is 43.3 Å². The van der Waals surface area contributed by atoms with Crippen molar-refractivity contribution >= 4 is 34.8 Å². The number of hydrogen-bond acceptors (Lipinski definition) is 2. The first kappa shape index (κ1) is 18.2. The van der Waals surface area contributed by atoms with E-state index in [2.05, 4.69) is 10.6 Å². The lowest BCUT2D eigenvalue weighted by Gasteiger charge is -2.26. The molecule has 2 unspecified atom stereocenters. The van der Waals surface area contributed by atoms with Crippen molar-refractivity contribution in [1.82, 2.24) is 0 Å². The standard InChI is InChI=1S/C21H21ClN2O2/c1-14-6-10-16(11-7-14)23-20(25)18-4-2-3-5-19(18)21(26)24-17-12-8-15(22)9-13-17/h2-3,6-13,18-19H,4-5H2,1H3,(H,23,25)(H,24,26). The number of nitrogens with one attached hydrogen (secondary N) is 2. The predicted molar refractivity (Wildman–Crippen MR) is 105 cm³/mol. The molecule has 26 heavy (non-hydrogen) atoms. The average molecular weight is 369 g/mol. The molecule has 0 aromatic heterocycles. The van der Waals surface area contributed by atoms with Crippen molar-refractivity contribution in [2.24, 2.45) is 11.8 Å². The van der Waals surface area contributed by atoms with Crippen LogP contribution in [-0.4, -0.2) is 11.8 Å². The molecular formula is C21H21ClN2O2. The summed E-state index contributed by atoms with van der Waals surface area (Å²) < 4.78 is 0. The van der Waals surface area contributed by atoms with E-state index in [0.717, 1.165) is 11.3 Å². The maximum absolute atomic E-state index is 12.7. The van der Waals surface area contributed by atoms with Crippen molar-refractivity contribution in [3.63, 3.8) is 0 Å². The molecular weight excluding hydrogens is 348 g/mol. The molecule has 0 bridgehead atoms. The van der Waals surface area contributed by atoms with Crippen LogP contribution in [0.4, 0.5) is 11.4 Å². The Balaban J connectivity index is 1.69. The third kappa shape index (κ3) is 4.52. The molecule has 4 nitrogen and oxygen atoms in total. The highest BCUT2D eigenvalue weighted by molar-refractivity contribution is 6.30. The van der Waals surface area contributed by atoms with Crippen LogP contribution >= 0.6 is 11.6 Å². The Morgan fingerprint density at radius 1 is 0.808 bits per heavy atom. The SMILES string of the molecule is Cc1ccc(NC(=O)C2CC=CCC2C(=O)Nc2ccc(Cl)cc2)cc1. The van der Waals surface area contributed by atoms with E-state index in [1.54, 1.807) is 24.3 Å². The summed E-state index contributed by atoms with van der Waals surface area (Å²) in [5, 5.41) is 6.42. The lowest BCUT2D eigenvalue weighted by atomic mass is 9.81. The van der Waals surface area contributed by atoms with Gasteiger partial charge in [0.25, 0.3) is 0 Å². The van der Waals surface area contributed by atoms with Gasteiger partial charge < -0.3 is 10.6 Å². The van der Waals surface area contributed by atoms with Gasteiger partial charge in [-0.3, -0.25) is 9.59 Å². The fourth-order valence-corrected chi connectivity index (χ4v) is 3.16. The number of amides is 2. The summed E-state index contributed by atoms with van der Waals surface area (Å²) in [6.45, 7) is 1.99. The van der Waals surface area contributed by atoms with Crippen LogP contribution in [0.15, 0.2) is 60.7 Å². The number of rotatable bonds is 4. The number of halogens is 1. The third-order valence-corrected chi connectivity index (χ3v) is 4.79. The van der Waals surface area contributed by atoms with Gasteiger partial charge in [0.1, 0.15) is 0 Å². The normalized spacial score (nSPS) is 19.0. The molecule has 134 valence electrons. The number of aryl methyl sites for hydroxylation is 1. The molecule has 2 amide bonds. The molecule has 1 aliphatic rings. The molecule has 0 fully saturated rings. The van der Waals surface area contributed by atoms with Gasteiger partial charge in [-0.2, -0.15) is 0 Å². The predicted octanol–water partition coefficient (Wildman–Crippen LogP) is 4.81.